The van der Waals surface area contributed by atoms with E-state index in [0.29, 0.717) is 5.41 Å². The molecule has 1 aliphatic carbocycles. The van der Waals surface area contributed by atoms with Gasteiger partial charge in [0.25, 0.3) is 0 Å². The second-order valence-electron chi connectivity index (χ2n) is 7.38. The number of rotatable bonds is 1. The zero-order valence-corrected chi connectivity index (χ0v) is 11.8. The monoisotopic (exact) mass is 223 g/mol. The Balaban J connectivity index is 2.09. The van der Waals surface area contributed by atoms with Gasteiger partial charge in [-0.2, -0.15) is 0 Å². The van der Waals surface area contributed by atoms with Crippen LogP contribution in [0.25, 0.3) is 0 Å². The predicted octanol–water partition coefficient (Wildman–Crippen LogP) is 3.79. The van der Waals surface area contributed by atoms with E-state index in [1.54, 1.807) is 0 Å². The number of hydrogen-bond donors (Lipinski definition) is 0. The van der Waals surface area contributed by atoms with Crippen molar-refractivity contribution in [2.24, 2.45) is 23.2 Å². The molecule has 3 atom stereocenters. The first-order valence-electron chi connectivity index (χ1n) is 7.13. The summed E-state index contributed by atoms with van der Waals surface area (Å²) in [5.41, 5.74) is 0.510. The Morgan fingerprint density at radius 3 is 2.31 bits per heavy atom. The Bertz CT molecular complexity index is 238. The minimum absolute atomic E-state index is 0.510. The molecule has 0 amide bonds. The van der Waals surface area contributed by atoms with E-state index in [0.717, 1.165) is 23.8 Å². The van der Waals surface area contributed by atoms with Crippen molar-refractivity contribution in [2.75, 3.05) is 13.1 Å². The zero-order valence-electron chi connectivity index (χ0n) is 11.8. The summed E-state index contributed by atoms with van der Waals surface area (Å²) >= 11 is 0. The maximum atomic E-state index is 2.71. The largest absolute Gasteiger partial charge is 0.300 e. The number of hydrogen-bond acceptors (Lipinski definition) is 1. The Kier molecular flexibility index (Phi) is 3.36. The molecule has 1 aliphatic heterocycles. The van der Waals surface area contributed by atoms with Crippen LogP contribution in [0.15, 0.2) is 0 Å². The molecule has 3 unspecified atom stereocenters. The van der Waals surface area contributed by atoms with E-state index in [4.69, 9.17) is 0 Å². The lowest BCUT2D eigenvalue weighted by Gasteiger charge is -2.41. The van der Waals surface area contributed by atoms with Gasteiger partial charge in [-0.25, -0.2) is 0 Å². The Morgan fingerprint density at radius 1 is 1.06 bits per heavy atom. The maximum Gasteiger partial charge on any atom is 0.00388 e. The average molecular weight is 223 g/mol. The maximum absolute atomic E-state index is 2.71. The molecule has 0 aromatic rings. The van der Waals surface area contributed by atoms with Crippen LogP contribution in [-0.4, -0.2) is 24.0 Å². The molecule has 2 aliphatic rings. The van der Waals surface area contributed by atoms with E-state index in [-0.39, 0.29) is 0 Å². The normalized spacial score (nSPS) is 36.8. The van der Waals surface area contributed by atoms with Gasteiger partial charge >= 0.3 is 0 Å². The lowest BCUT2D eigenvalue weighted by atomic mass is 9.64. The highest BCUT2D eigenvalue weighted by atomic mass is 15.2. The average Bonchev–Trinajstić information content (AvgIpc) is 2.58. The fraction of sp³-hybridized carbons (Fsp3) is 1.00. The van der Waals surface area contributed by atoms with Crippen molar-refractivity contribution in [3.05, 3.63) is 0 Å². The van der Waals surface area contributed by atoms with Crippen molar-refractivity contribution in [3.63, 3.8) is 0 Å². The lowest BCUT2D eigenvalue weighted by Crippen LogP contribution is -2.36. The molecule has 2 rings (SSSR count). The van der Waals surface area contributed by atoms with Crippen molar-refractivity contribution in [1.29, 1.82) is 0 Å². The second kappa shape index (κ2) is 4.33. The summed E-state index contributed by atoms with van der Waals surface area (Å²) in [6.45, 7) is 14.8. The van der Waals surface area contributed by atoms with Gasteiger partial charge in [0.05, 0.1) is 0 Å². The van der Waals surface area contributed by atoms with E-state index >= 15 is 0 Å². The fourth-order valence-corrected chi connectivity index (χ4v) is 4.00. The third kappa shape index (κ3) is 2.30. The first kappa shape index (κ1) is 12.4. The Hall–Kier alpha value is -0.0400. The van der Waals surface area contributed by atoms with E-state index in [9.17, 15) is 0 Å². The van der Waals surface area contributed by atoms with E-state index in [2.05, 4.69) is 39.5 Å². The van der Waals surface area contributed by atoms with Crippen LogP contribution in [0.1, 0.15) is 53.9 Å². The molecular weight excluding hydrogens is 194 g/mol. The summed E-state index contributed by atoms with van der Waals surface area (Å²) in [6.07, 6.45) is 4.42. The molecule has 94 valence electrons. The summed E-state index contributed by atoms with van der Waals surface area (Å²) < 4.78 is 0. The molecule has 0 radical (unpaired) electrons. The van der Waals surface area contributed by atoms with E-state index < -0.39 is 0 Å². The molecule has 1 saturated carbocycles. The second-order valence-corrected chi connectivity index (χ2v) is 7.38. The molecule has 1 heteroatoms. The molecule has 0 aromatic carbocycles. The van der Waals surface area contributed by atoms with Crippen molar-refractivity contribution in [3.8, 4) is 0 Å². The van der Waals surface area contributed by atoms with E-state index in [1.165, 1.54) is 32.4 Å². The van der Waals surface area contributed by atoms with Crippen LogP contribution in [0.3, 0.4) is 0 Å². The SMILES string of the molecule is CC(C)N1CC2CCCC(C(C)(C)C)C2C1. The van der Waals surface area contributed by atoms with Gasteiger partial charge in [-0.3, -0.25) is 0 Å². The van der Waals surface area contributed by atoms with Gasteiger partial charge in [-0.15, -0.1) is 0 Å². The van der Waals surface area contributed by atoms with Crippen LogP contribution in [0, 0.1) is 23.2 Å². The first-order chi connectivity index (χ1) is 7.39. The predicted molar refractivity (Wildman–Crippen MR) is 70.5 cm³/mol. The summed E-state index contributed by atoms with van der Waals surface area (Å²) in [6, 6.07) is 0.742. The van der Waals surface area contributed by atoms with Crippen molar-refractivity contribution < 1.29 is 0 Å². The molecule has 1 nitrogen and oxygen atoms in total. The summed E-state index contributed by atoms with van der Waals surface area (Å²) in [4.78, 5) is 2.71. The number of nitrogens with zero attached hydrogens (tertiary/aromatic N) is 1. The molecule has 0 aromatic heterocycles. The zero-order chi connectivity index (χ0) is 11.9. The van der Waals surface area contributed by atoms with Crippen LogP contribution < -0.4 is 0 Å². The van der Waals surface area contributed by atoms with Gasteiger partial charge in [-0.1, -0.05) is 27.2 Å². The number of likely N-dealkylation sites (tertiary alicyclic amines) is 1. The molecular formula is C15H29N. The van der Waals surface area contributed by atoms with Crippen molar-refractivity contribution in [1.82, 2.24) is 4.90 Å². The highest BCUT2D eigenvalue weighted by Crippen LogP contribution is 2.47. The third-order valence-electron chi connectivity index (χ3n) is 4.97. The lowest BCUT2D eigenvalue weighted by molar-refractivity contribution is 0.0873. The Labute approximate surface area is 102 Å². The Morgan fingerprint density at radius 2 is 1.75 bits per heavy atom. The van der Waals surface area contributed by atoms with E-state index in [1.807, 2.05) is 0 Å². The fourth-order valence-electron chi connectivity index (χ4n) is 4.00. The minimum atomic E-state index is 0.510. The van der Waals surface area contributed by atoms with Gasteiger partial charge in [-0.05, 0) is 49.9 Å². The topological polar surface area (TPSA) is 3.24 Å². The van der Waals surface area contributed by atoms with Gasteiger partial charge in [0, 0.05) is 19.1 Å². The van der Waals surface area contributed by atoms with Gasteiger partial charge in [0.15, 0.2) is 0 Å². The third-order valence-corrected chi connectivity index (χ3v) is 4.97. The van der Waals surface area contributed by atoms with Crippen molar-refractivity contribution >= 4 is 0 Å². The van der Waals surface area contributed by atoms with Crippen LogP contribution >= 0.6 is 0 Å². The van der Waals surface area contributed by atoms with Crippen molar-refractivity contribution in [2.45, 2.75) is 59.9 Å². The quantitative estimate of drug-likeness (QED) is 0.654. The van der Waals surface area contributed by atoms with Crippen LogP contribution in [0.5, 0.6) is 0 Å². The summed E-state index contributed by atoms with van der Waals surface area (Å²) in [5.74, 6) is 2.94. The molecule has 16 heavy (non-hydrogen) atoms. The molecule has 1 heterocycles. The molecule has 1 saturated heterocycles. The molecule has 0 bridgehead atoms. The summed E-state index contributed by atoms with van der Waals surface area (Å²) in [7, 11) is 0. The van der Waals surface area contributed by atoms with Gasteiger partial charge in [0.2, 0.25) is 0 Å². The minimum Gasteiger partial charge on any atom is -0.300 e. The molecule has 0 spiro atoms. The molecule has 0 N–H and O–H groups in total. The van der Waals surface area contributed by atoms with Gasteiger partial charge < -0.3 is 4.90 Å². The smallest absolute Gasteiger partial charge is 0.00388 e. The number of fused-ring (bicyclic) bond motifs is 1. The highest BCUT2D eigenvalue weighted by molar-refractivity contribution is 4.95. The standard InChI is InChI=1S/C15H29N/c1-11(2)16-9-12-7-6-8-14(13(12)10-16)15(3,4)5/h11-14H,6-10H2,1-5H3. The van der Waals surface area contributed by atoms with Gasteiger partial charge in [0.1, 0.15) is 0 Å². The highest BCUT2D eigenvalue weighted by Gasteiger charge is 2.44. The van der Waals surface area contributed by atoms with Crippen LogP contribution in [-0.2, 0) is 0 Å². The van der Waals surface area contributed by atoms with Crippen LogP contribution in [0.4, 0.5) is 0 Å². The van der Waals surface area contributed by atoms with Crippen LogP contribution in [0.2, 0.25) is 0 Å². The first-order valence-corrected chi connectivity index (χ1v) is 7.13. The molecule has 2 fully saturated rings. The summed E-state index contributed by atoms with van der Waals surface area (Å²) in [5, 5.41) is 0.